The van der Waals surface area contributed by atoms with Crippen molar-refractivity contribution in [2.24, 2.45) is 0 Å². The Morgan fingerprint density at radius 2 is 2.22 bits per heavy atom. The van der Waals surface area contributed by atoms with Crippen LogP contribution >= 0.6 is 11.6 Å². The molecule has 0 heterocycles. The molecule has 0 aliphatic rings. The van der Waals surface area contributed by atoms with Gasteiger partial charge in [-0.25, -0.2) is 4.79 Å². The van der Waals surface area contributed by atoms with Crippen molar-refractivity contribution >= 4 is 23.9 Å². The third kappa shape index (κ3) is 3.37. The van der Waals surface area contributed by atoms with Gasteiger partial charge in [0.25, 0.3) is 0 Å². The zero-order valence-corrected chi connectivity index (χ0v) is 10.7. The molecule has 0 unspecified atom stereocenters. The van der Waals surface area contributed by atoms with Gasteiger partial charge in [-0.3, -0.25) is 4.79 Å². The van der Waals surface area contributed by atoms with E-state index in [-0.39, 0.29) is 16.5 Å². The van der Waals surface area contributed by atoms with E-state index < -0.39 is 12.1 Å². The maximum Gasteiger partial charge on any atom is 0.344 e. The van der Waals surface area contributed by atoms with Crippen LogP contribution in [0.3, 0.4) is 0 Å². The lowest BCUT2D eigenvalue weighted by Crippen LogP contribution is -2.23. The standard InChI is InChI=1S/C12H13ClO5/c1-3-17-10-5-8(6-14)4-9(13)11(10)18-7(2)12(15)16/h4-7H,3H2,1-2H3,(H,15,16)/t7-/m1/s1. The van der Waals surface area contributed by atoms with Crippen LogP contribution in [-0.4, -0.2) is 30.1 Å². The summed E-state index contributed by atoms with van der Waals surface area (Å²) < 4.78 is 10.5. The molecule has 0 amide bonds. The molecule has 1 aromatic rings. The van der Waals surface area contributed by atoms with Gasteiger partial charge in [-0.15, -0.1) is 0 Å². The number of hydrogen-bond donors (Lipinski definition) is 1. The topological polar surface area (TPSA) is 72.8 Å². The molecule has 0 spiro atoms. The summed E-state index contributed by atoms with van der Waals surface area (Å²) >= 11 is 5.94. The summed E-state index contributed by atoms with van der Waals surface area (Å²) in [6.45, 7) is 3.48. The van der Waals surface area contributed by atoms with Gasteiger partial charge in [0.05, 0.1) is 11.6 Å². The molecule has 98 valence electrons. The van der Waals surface area contributed by atoms with E-state index in [1.165, 1.54) is 19.1 Å². The summed E-state index contributed by atoms with van der Waals surface area (Å²) in [5.74, 6) is -0.743. The monoisotopic (exact) mass is 272 g/mol. The third-order valence-corrected chi connectivity index (χ3v) is 2.39. The minimum absolute atomic E-state index is 0.124. The smallest absolute Gasteiger partial charge is 0.344 e. The second-order valence-corrected chi connectivity index (χ2v) is 3.89. The normalized spacial score (nSPS) is 11.7. The summed E-state index contributed by atoms with van der Waals surface area (Å²) in [6, 6.07) is 2.84. The molecule has 5 nitrogen and oxygen atoms in total. The average Bonchev–Trinajstić information content (AvgIpc) is 2.32. The van der Waals surface area contributed by atoms with E-state index >= 15 is 0 Å². The minimum atomic E-state index is -1.12. The van der Waals surface area contributed by atoms with Crippen molar-refractivity contribution in [1.29, 1.82) is 0 Å². The van der Waals surface area contributed by atoms with E-state index in [9.17, 15) is 9.59 Å². The highest BCUT2D eigenvalue weighted by Gasteiger charge is 2.19. The Morgan fingerprint density at radius 3 is 2.72 bits per heavy atom. The number of halogens is 1. The zero-order valence-electron chi connectivity index (χ0n) is 9.97. The minimum Gasteiger partial charge on any atom is -0.490 e. The molecule has 1 rings (SSSR count). The molecule has 0 saturated carbocycles. The number of carboxylic acids is 1. The van der Waals surface area contributed by atoms with Crippen molar-refractivity contribution in [2.45, 2.75) is 20.0 Å². The third-order valence-electron chi connectivity index (χ3n) is 2.11. The van der Waals surface area contributed by atoms with Crippen LogP contribution < -0.4 is 9.47 Å². The number of carboxylic acid groups (broad SMARTS) is 1. The van der Waals surface area contributed by atoms with Crippen LogP contribution in [0.2, 0.25) is 5.02 Å². The van der Waals surface area contributed by atoms with Crippen LogP contribution in [0.15, 0.2) is 12.1 Å². The molecule has 6 heteroatoms. The van der Waals surface area contributed by atoms with E-state index in [1.54, 1.807) is 6.92 Å². The van der Waals surface area contributed by atoms with E-state index in [2.05, 4.69) is 0 Å². The fourth-order valence-electron chi connectivity index (χ4n) is 1.26. The number of aldehydes is 1. The highest BCUT2D eigenvalue weighted by Crippen LogP contribution is 2.37. The molecule has 0 fully saturated rings. The number of carbonyl (C=O) groups excluding carboxylic acids is 1. The molecule has 0 saturated heterocycles. The fourth-order valence-corrected chi connectivity index (χ4v) is 1.52. The summed E-state index contributed by atoms with van der Waals surface area (Å²) in [4.78, 5) is 21.4. The summed E-state index contributed by atoms with van der Waals surface area (Å²) in [6.07, 6.45) is -0.442. The number of ether oxygens (including phenoxy) is 2. The van der Waals surface area contributed by atoms with Crippen LogP contribution in [0.25, 0.3) is 0 Å². The Labute approximate surface area is 109 Å². The molecule has 0 aromatic heterocycles. The fraction of sp³-hybridized carbons (Fsp3) is 0.333. The number of benzene rings is 1. The highest BCUT2D eigenvalue weighted by atomic mass is 35.5. The molecule has 0 radical (unpaired) electrons. The Bertz CT molecular complexity index is 458. The van der Waals surface area contributed by atoms with E-state index in [4.69, 9.17) is 26.2 Å². The molecule has 1 N–H and O–H groups in total. The highest BCUT2D eigenvalue weighted by molar-refractivity contribution is 6.32. The van der Waals surface area contributed by atoms with Crippen LogP contribution in [-0.2, 0) is 4.79 Å². The zero-order chi connectivity index (χ0) is 13.7. The first-order valence-corrected chi connectivity index (χ1v) is 5.68. The number of aliphatic carboxylic acids is 1. The van der Waals surface area contributed by atoms with Crippen molar-refractivity contribution in [3.8, 4) is 11.5 Å². The van der Waals surface area contributed by atoms with Gasteiger partial charge in [0.15, 0.2) is 17.6 Å². The first-order valence-electron chi connectivity index (χ1n) is 5.30. The van der Waals surface area contributed by atoms with Crippen molar-refractivity contribution < 1.29 is 24.2 Å². The number of hydrogen-bond acceptors (Lipinski definition) is 4. The predicted octanol–water partition coefficient (Wildman–Crippen LogP) is 2.40. The average molecular weight is 273 g/mol. The molecule has 1 aromatic carbocycles. The predicted molar refractivity (Wildman–Crippen MR) is 65.7 cm³/mol. The van der Waals surface area contributed by atoms with Crippen molar-refractivity contribution in [2.75, 3.05) is 6.61 Å². The lowest BCUT2D eigenvalue weighted by molar-refractivity contribution is -0.144. The van der Waals surface area contributed by atoms with Gasteiger partial charge in [-0.05, 0) is 26.0 Å². The molecule has 0 aliphatic carbocycles. The van der Waals surface area contributed by atoms with Crippen LogP contribution in [0.1, 0.15) is 24.2 Å². The van der Waals surface area contributed by atoms with Gasteiger partial charge >= 0.3 is 5.97 Å². The van der Waals surface area contributed by atoms with Gasteiger partial charge < -0.3 is 14.6 Å². The van der Waals surface area contributed by atoms with Gasteiger partial charge in [0, 0.05) is 5.56 Å². The van der Waals surface area contributed by atoms with Crippen LogP contribution in [0.4, 0.5) is 0 Å². The maximum absolute atomic E-state index is 10.7. The molecule has 1 atom stereocenters. The number of carbonyl (C=O) groups is 2. The lowest BCUT2D eigenvalue weighted by atomic mass is 10.2. The molecule has 18 heavy (non-hydrogen) atoms. The van der Waals surface area contributed by atoms with E-state index in [0.29, 0.717) is 18.5 Å². The second kappa shape index (κ2) is 6.26. The molecule has 0 aliphatic heterocycles. The van der Waals surface area contributed by atoms with Crippen molar-refractivity contribution in [3.63, 3.8) is 0 Å². The van der Waals surface area contributed by atoms with Gasteiger partial charge in [0.1, 0.15) is 6.29 Å². The second-order valence-electron chi connectivity index (χ2n) is 3.48. The molecular formula is C12H13ClO5. The van der Waals surface area contributed by atoms with Gasteiger partial charge in [-0.1, -0.05) is 11.6 Å². The molecule has 0 bridgehead atoms. The van der Waals surface area contributed by atoms with E-state index in [1.807, 2.05) is 0 Å². The van der Waals surface area contributed by atoms with Crippen LogP contribution in [0.5, 0.6) is 11.5 Å². The summed E-state index contributed by atoms with van der Waals surface area (Å²) in [5, 5.41) is 8.93. The van der Waals surface area contributed by atoms with Crippen LogP contribution in [0, 0.1) is 0 Å². The number of rotatable bonds is 6. The van der Waals surface area contributed by atoms with E-state index in [0.717, 1.165) is 0 Å². The summed E-state index contributed by atoms with van der Waals surface area (Å²) in [5.41, 5.74) is 0.332. The SMILES string of the molecule is CCOc1cc(C=O)cc(Cl)c1O[C@H](C)C(=O)O. The lowest BCUT2D eigenvalue weighted by Gasteiger charge is -2.16. The first kappa shape index (κ1) is 14.3. The Balaban J connectivity index is 3.15. The quantitative estimate of drug-likeness (QED) is 0.805. The van der Waals surface area contributed by atoms with Gasteiger partial charge in [0.2, 0.25) is 0 Å². The van der Waals surface area contributed by atoms with Gasteiger partial charge in [-0.2, -0.15) is 0 Å². The van der Waals surface area contributed by atoms with Crippen molar-refractivity contribution in [3.05, 3.63) is 22.7 Å². The molecular weight excluding hydrogens is 260 g/mol. The maximum atomic E-state index is 10.7. The first-order chi connectivity index (χ1) is 8.49. The largest absolute Gasteiger partial charge is 0.490 e. The summed E-state index contributed by atoms with van der Waals surface area (Å²) in [7, 11) is 0. The Kier molecular flexibility index (Phi) is 4.97. The Hall–Kier alpha value is -1.75. The van der Waals surface area contributed by atoms with Crippen molar-refractivity contribution in [1.82, 2.24) is 0 Å². The Morgan fingerprint density at radius 1 is 1.56 bits per heavy atom.